The average Bonchev–Trinajstić information content (AvgIpc) is 2.12. The Morgan fingerprint density at radius 3 is 2.64 bits per heavy atom. The van der Waals surface area contributed by atoms with Crippen LogP contribution >= 0.6 is 11.6 Å². The fraction of sp³-hybridized carbons (Fsp3) is 0.364. The van der Waals surface area contributed by atoms with Crippen LogP contribution in [0, 0.1) is 13.8 Å². The minimum absolute atomic E-state index is 0.481. The number of carbonyl (C=O) groups excluding carboxylic acids is 1. The van der Waals surface area contributed by atoms with E-state index >= 15 is 0 Å². The van der Waals surface area contributed by atoms with Crippen LogP contribution in [-0.2, 0) is 4.79 Å². The minimum Gasteiger partial charge on any atom is -0.481 e. The number of carbonyl (C=O) groups is 1. The third-order valence-corrected chi connectivity index (χ3v) is 2.49. The molecule has 1 rings (SSSR count). The molecule has 1 aromatic rings. The molecule has 0 bridgehead atoms. The summed E-state index contributed by atoms with van der Waals surface area (Å²) in [6.45, 7) is 5.59. The summed E-state index contributed by atoms with van der Waals surface area (Å²) < 4.78 is 5.41. The molecular weight excluding hydrogens is 200 g/mol. The second-order valence-electron chi connectivity index (χ2n) is 3.26. The van der Waals surface area contributed by atoms with Gasteiger partial charge in [-0.2, -0.15) is 0 Å². The molecule has 3 heteroatoms. The van der Waals surface area contributed by atoms with Crippen LogP contribution in [0.25, 0.3) is 0 Å². The first kappa shape index (κ1) is 11.1. The van der Waals surface area contributed by atoms with E-state index in [9.17, 15) is 4.79 Å². The van der Waals surface area contributed by atoms with Crippen molar-refractivity contribution in [3.8, 4) is 5.75 Å². The summed E-state index contributed by atoms with van der Waals surface area (Å²) in [5, 5.41) is -0.481. The SMILES string of the molecule is Cc1cccc(OC(C)C(=O)Cl)c1C. The summed E-state index contributed by atoms with van der Waals surface area (Å²) in [7, 11) is 0. The fourth-order valence-electron chi connectivity index (χ4n) is 1.09. The predicted octanol–water partition coefficient (Wildman–Crippen LogP) is 2.84. The van der Waals surface area contributed by atoms with Gasteiger partial charge in [0.25, 0.3) is 5.24 Å². The lowest BCUT2D eigenvalue weighted by molar-refractivity contribution is -0.117. The van der Waals surface area contributed by atoms with Gasteiger partial charge in [0.15, 0.2) is 6.10 Å². The van der Waals surface area contributed by atoms with Crippen molar-refractivity contribution in [3.05, 3.63) is 29.3 Å². The largest absolute Gasteiger partial charge is 0.481 e. The molecule has 0 aliphatic heterocycles. The Bertz CT molecular complexity index is 347. The standard InChI is InChI=1S/C11H13ClO2/c1-7-5-4-6-10(8(7)2)14-9(3)11(12)13/h4-6,9H,1-3H3. The van der Waals surface area contributed by atoms with Gasteiger partial charge in [-0.15, -0.1) is 0 Å². The average molecular weight is 213 g/mol. The molecule has 0 heterocycles. The molecule has 0 spiro atoms. The highest BCUT2D eigenvalue weighted by Gasteiger charge is 2.12. The van der Waals surface area contributed by atoms with E-state index < -0.39 is 11.3 Å². The number of ether oxygens (including phenoxy) is 1. The zero-order chi connectivity index (χ0) is 10.7. The Kier molecular flexibility index (Phi) is 3.53. The van der Waals surface area contributed by atoms with Crippen molar-refractivity contribution in [2.24, 2.45) is 0 Å². The number of aryl methyl sites for hydroxylation is 1. The van der Waals surface area contributed by atoms with Crippen LogP contribution < -0.4 is 4.74 Å². The van der Waals surface area contributed by atoms with Crippen LogP contribution in [0.15, 0.2) is 18.2 Å². The van der Waals surface area contributed by atoms with Crippen LogP contribution in [0.5, 0.6) is 5.75 Å². The smallest absolute Gasteiger partial charge is 0.262 e. The van der Waals surface area contributed by atoms with Crippen molar-refractivity contribution in [2.75, 3.05) is 0 Å². The maximum atomic E-state index is 10.8. The molecule has 2 nitrogen and oxygen atoms in total. The number of hydrogen-bond donors (Lipinski definition) is 0. The highest BCUT2D eigenvalue weighted by Crippen LogP contribution is 2.21. The molecule has 0 saturated heterocycles. The van der Waals surface area contributed by atoms with Gasteiger partial charge in [-0.05, 0) is 49.6 Å². The van der Waals surface area contributed by atoms with E-state index in [-0.39, 0.29) is 0 Å². The molecule has 1 unspecified atom stereocenters. The Morgan fingerprint density at radius 1 is 1.43 bits per heavy atom. The lowest BCUT2D eigenvalue weighted by atomic mass is 10.1. The van der Waals surface area contributed by atoms with Crippen molar-refractivity contribution in [1.82, 2.24) is 0 Å². The topological polar surface area (TPSA) is 26.3 Å². The van der Waals surface area contributed by atoms with Gasteiger partial charge in [-0.3, -0.25) is 4.79 Å². The second-order valence-corrected chi connectivity index (χ2v) is 3.63. The van der Waals surface area contributed by atoms with Crippen LogP contribution in [0.2, 0.25) is 0 Å². The number of hydrogen-bond acceptors (Lipinski definition) is 2. The van der Waals surface area contributed by atoms with E-state index in [2.05, 4.69) is 0 Å². The van der Waals surface area contributed by atoms with E-state index in [1.807, 2.05) is 32.0 Å². The Morgan fingerprint density at radius 2 is 2.07 bits per heavy atom. The first-order valence-electron chi connectivity index (χ1n) is 4.44. The fourth-order valence-corrected chi connectivity index (χ4v) is 1.13. The lowest BCUT2D eigenvalue weighted by Gasteiger charge is -2.13. The summed E-state index contributed by atoms with van der Waals surface area (Å²) in [6.07, 6.45) is -0.600. The van der Waals surface area contributed by atoms with Gasteiger partial charge in [0.2, 0.25) is 0 Å². The van der Waals surface area contributed by atoms with Gasteiger partial charge < -0.3 is 4.74 Å². The summed E-state index contributed by atoms with van der Waals surface area (Å²) in [6, 6.07) is 5.72. The highest BCUT2D eigenvalue weighted by atomic mass is 35.5. The molecule has 1 atom stereocenters. The number of rotatable bonds is 3. The summed E-state index contributed by atoms with van der Waals surface area (Å²) in [5.41, 5.74) is 2.17. The maximum Gasteiger partial charge on any atom is 0.262 e. The minimum atomic E-state index is -0.600. The van der Waals surface area contributed by atoms with Crippen molar-refractivity contribution in [1.29, 1.82) is 0 Å². The molecular formula is C11H13ClO2. The van der Waals surface area contributed by atoms with Crippen molar-refractivity contribution < 1.29 is 9.53 Å². The lowest BCUT2D eigenvalue weighted by Crippen LogP contribution is -2.19. The molecule has 0 amide bonds. The molecule has 0 fully saturated rings. The molecule has 14 heavy (non-hydrogen) atoms. The summed E-state index contributed by atoms with van der Waals surface area (Å²) in [5.74, 6) is 0.714. The first-order chi connectivity index (χ1) is 6.52. The van der Waals surface area contributed by atoms with Crippen molar-refractivity contribution >= 4 is 16.8 Å². The molecule has 0 radical (unpaired) electrons. The van der Waals surface area contributed by atoms with E-state index in [0.29, 0.717) is 5.75 Å². The third-order valence-electron chi connectivity index (χ3n) is 2.18. The summed E-state index contributed by atoms with van der Waals surface area (Å²) >= 11 is 5.31. The quantitative estimate of drug-likeness (QED) is 0.721. The Balaban J connectivity index is 2.87. The normalized spacial score (nSPS) is 12.3. The van der Waals surface area contributed by atoms with E-state index in [1.165, 1.54) is 0 Å². The van der Waals surface area contributed by atoms with Crippen LogP contribution in [-0.4, -0.2) is 11.3 Å². The number of halogens is 1. The molecule has 0 aliphatic rings. The van der Waals surface area contributed by atoms with Gasteiger partial charge in [0.05, 0.1) is 0 Å². The van der Waals surface area contributed by atoms with E-state index in [0.717, 1.165) is 11.1 Å². The molecule has 76 valence electrons. The predicted molar refractivity (Wildman–Crippen MR) is 56.9 cm³/mol. The van der Waals surface area contributed by atoms with Gasteiger partial charge >= 0.3 is 0 Å². The molecule has 0 saturated carbocycles. The van der Waals surface area contributed by atoms with Crippen LogP contribution in [0.1, 0.15) is 18.1 Å². The first-order valence-corrected chi connectivity index (χ1v) is 4.82. The maximum absolute atomic E-state index is 10.8. The van der Waals surface area contributed by atoms with E-state index in [4.69, 9.17) is 16.3 Å². The molecule has 0 N–H and O–H groups in total. The second kappa shape index (κ2) is 4.47. The monoisotopic (exact) mass is 212 g/mol. The highest BCUT2D eigenvalue weighted by molar-refractivity contribution is 6.64. The number of benzene rings is 1. The molecule has 0 aromatic heterocycles. The Hall–Kier alpha value is -1.02. The Labute approximate surface area is 88.8 Å². The van der Waals surface area contributed by atoms with E-state index in [1.54, 1.807) is 6.92 Å². The zero-order valence-corrected chi connectivity index (χ0v) is 9.26. The van der Waals surface area contributed by atoms with Crippen molar-refractivity contribution in [2.45, 2.75) is 26.9 Å². The summed E-state index contributed by atoms with van der Waals surface area (Å²) in [4.78, 5) is 10.8. The zero-order valence-electron chi connectivity index (χ0n) is 8.50. The van der Waals surface area contributed by atoms with Gasteiger partial charge in [-0.25, -0.2) is 0 Å². The molecule has 0 aliphatic carbocycles. The van der Waals surface area contributed by atoms with Crippen LogP contribution in [0.4, 0.5) is 0 Å². The van der Waals surface area contributed by atoms with Crippen molar-refractivity contribution in [3.63, 3.8) is 0 Å². The van der Waals surface area contributed by atoms with Gasteiger partial charge in [0, 0.05) is 0 Å². The van der Waals surface area contributed by atoms with Gasteiger partial charge in [-0.1, -0.05) is 12.1 Å². The van der Waals surface area contributed by atoms with Crippen LogP contribution in [0.3, 0.4) is 0 Å². The van der Waals surface area contributed by atoms with Gasteiger partial charge in [0.1, 0.15) is 5.75 Å². The third kappa shape index (κ3) is 2.48. The molecule has 1 aromatic carbocycles.